The lowest BCUT2D eigenvalue weighted by Crippen LogP contribution is -2.49. The molecule has 1 amide bonds. The number of likely N-dealkylation sites (N-methyl/N-ethyl adjacent to an activating group) is 1. The minimum atomic E-state index is -4.10. The molecule has 0 saturated heterocycles. The van der Waals surface area contributed by atoms with Crippen LogP contribution in [0, 0.1) is 11.7 Å². The molecule has 3 aromatic carbocycles. The highest BCUT2D eigenvalue weighted by Crippen LogP contribution is 2.36. The van der Waals surface area contributed by atoms with E-state index < -0.39 is 28.0 Å². The summed E-state index contributed by atoms with van der Waals surface area (Å²) in [6.07, 6.45) is -0.407. The number of aliphatic hydroxyl groups is 1. The number of carbonyl (C=O) groups is 1. The second-order valence-corrected chi connectivity index (χ2v) is 11.7. The summed E-state index contributed by atoms with van der Waals surface area (Å²) >= 11 is 0. The molecule has 1 aliphatic heterocycles. The van der Waals surface area contributed by atoms with E-state index in [-0.39, 0.29) is 40.3 Å². The van der Waals surface area contributed by atoms with Crippen LogP contribution in [-0.2, 0) is 16.6 Å². The summed E-state index contributed by atoms with van der Waals surface area (Å²) in [7, 11) is -2.13. The van der Waals surface area contributed by atoms with Crippen LogP contribution in [0.1, 0.15) is 29.8 Å². The molecule has 3 atom stereocenters. The number of fused-ring (bicyclic) bond motifs is 1. The molecule has 3 aromatic rings. The molecule has 8 nitrogen and oxygen atoms in total. The van der Waals surface area contributed by atoms with Gasteiger partial charge in [-0.15, -0.1) is 0 Å². The van der Waals surface area contributed by atoms with Gasteiger partial charge >= 0.3 is 0 Å². The third kappa shape index (κ3) is 6.76. The number of benzene rings is 3. The van der Waals surface area contributed by atoms with Gasteiger partial charge in [-0.25, -0.2) is 12.8 Å². The number of hydrogen-bond donors (Lipinski definition) is 2. The lowest BCUT2D eigenvalue weighted by molar-refractivity contribution is 0.0344. The van der Waals surface area contributed by atoms with Crippen molar-refractivity contribution in [3.63, 3.8) is 0 Å². The maximum absolute atomic E-state index is 13.6. The van der Waals surface area contributed by atoms with Crippen LogP contribution in [0.4, 0.5) is 10.1 Å². The van der Waals surface area contributed by atoms with Gasteiger partial charge < -0.3 is 14.7 Å². The predicted molar refractivity (Wildman–Crippen MR) is 148 cm³/mol. The van der Waals surface area contributed by atoms with Crippen LogP contribution in [0.25, 0.3) is 0 Å². The summed E-state index contributed by atoms with van der Waals surface area (Å²) in [5, 5.41) is 9.88. The Hall–Kier alpha value is -3.47. The Morgan fingerprint density at radius 2 is 1.79 bits per heavy atom. The highest BCUT2D eigenvalue weighted by Gasteiger charge is 2.35. The molecular formula is C29H34FN3O5S. The highest BCUT2D eigenvalue weighted by atomic mass is 32.2. The first-order valence-electron chi connectivity index (χ1n) is 12.8. The van der Waals surface area contributed by atoms with E-state index in [1.807, 2.05) is 44.3 Å². The predicted octanol–water partition coefficient (Wildman–Crippen LogP) is 3.98. The first kappa shape index (κ1) is 28.5. The molecule has 0 radical (unpaired) electrons. The number of sulfonamides is 1. The highest BCUT2D eigenvalue weighted by molar-refractivity contribution is 7.92. The first-order valence-corrected chi connectivity index (χ1v) is 14.3. The fraction of sp³-hybridized carbons (Fsp3) is 0.345. The number of ether oxygens (including phenoxy) is 1. The van der Waals surface area contributed by atoms with Gasteiger partial charge in [-0.3, -0.25) is 14.4 Å². The number of anilines is 1. The standard InChI is InChI=1S/C29H34FN3O5S/c1-20-16-33(21(2)19-34)29(35)25-10-7-11-26(31-39(36,37)24-14-12-23(30)13-15-24)28(25)38-27(20)18-32(3)17-22-8-5-4-6-9-22/h4-15,20-21,27,31,34H,16-19H2,1-3H3/t20-,21-,27+/m0/s1. The number of aliphatic hydroxyl groups excluding tert-OH is 1. The summed E-state index contributed by atoms with van der Waals surface area (Å²) in [4.78, 5) is 17.2. The van der Waals surface area contributed by atoms with Crippen molar-refractivity contribution in [3.8, 4) is 5.75 Å². The van der Waals surface area contributed by atoms with Gasteiger partial charge in [0, 0.05) is 25.6 Å². The van der Waals surface area contributed by atoms with Gasteiger partial charge in [-0.05, 0) is 55.9 Å². The van der Waals surface area contributed by atoms with E-state index >= 15 is 0 Å². The van der Waals surface area contributed by atoms with Crippen LogP contribution in [0.3, 0.4) is 0 Å². The molecular weight excluding hydrogens is 521 g/mol. The van der Waals surface area contributed by atoms with Gasteiger partial charge in [0.05, 0.1) is 28.8 Å². The minimum absolute atomic E-state index is 0.103. The minimum Gasteiger partial charge on any atom is -0.486 e. The molecule has 4 rings (SSSR count). The molecule has 2 N–H and O–H groups in total. The molecule has 0 aromatic heterocycles. The van der Waals surface area contributed by atoms with Crippen molar-refractivity contribution in [3.05, 3.63) is 89.7 Å². The quantitative estimate of drug-likeness (QED) is 0.415. The monoisotopic (exact) mass is 555 g/mol. The first-order chi connectivity index (χ1) is 18.6. The Morgan fingerprint density at radius 3 is 2.46 bits per heavy atom. The van der Waals surface area contributed by atoms with Gasteiger partial charge in [-0.1, -0.05) is 43.3 Å². The lowest BCUT2D eigenvalue weighted by Gasteiger charge is -2.38. The lowest BCUT2D eigenvalue weighted by atomic mass is 9.99. The van der Waals surface area contributed by atoms with Gasteiger partial charge in [0.2, 0.25) is 0 Å². The number of hydrogen-bond acceptors (Lipinski definition) is 6. The zero-order valence-corrected chi connectivity index (χ0v) is 23.1. The second-order valence-electron chi connectivity index (χ2n) is 10.0. The topological polar surface area (TPSA) is 99.2 Å². The van der Waals surface area contributed by atoms with Gasteiger partial charge in [-0.2, -0.15) is 0 Å². The van der Waals surface area contributed by atoms with Crippen LogP contribution in [0.5, 0.6) is 5.75 Å². The zero-order valence-electron chi connectivity index (χ0n) is 22.2. The normalized spacial score (nSPS) is 18.6. The smallest absolute Gasteiger partial charge is 0.262 e. The van der Waals surface area contributed by atoms with Gasteiger partial charge in [0.15, 0.2) is 5.75 Å². The molecule has 10 heteroatoms. The molecule has 0 spiro atoms. The van der Waals surface area contributed by atoms with Crippen LogP contribution in [0.15, 0.2) is 77.7 Å². The van der Waals surface area contributed by atoms with E-state index in [4.69, 9.17) is 4.74 Å². The average Bonchev–Trinajstić information content (AvgIpc) is 2.91. The molecule has 0 aliphatic carbocycles. The molecule has 0 bridgehead atoms. The van der Waals surface area contributed by atoms with Gasteiger partial charge in [0.25, 0.3) is 15.9 Å². The second kappa shape index (κ2) is 12.1. The average molecular weight is 556 g/mol. The number of nitrogens with one attached hydrogen (secondary N) is 1. The molecule has 39 heavy (non-hydrogen) atoms. The van der Waals surface area contributed by atoms with E-state index in [1.165, 1.54) is 18.2 Å². The summed E-state index contributed by atoms with van der Waals surface area (Å²) in [5.41, 5.74) is 1.43. The Morgan fingerprint density at radius 1 is 1.10 bits per heavy atom. The number of halogens is 1. The summed E-state index contributed by atoms with van der Waals surface area (Å²) in [6.45, 7) is 5.06. The molecule has 208 valence electrons. The van der Waals surface area contributed by atoms with Crippen LogP contribution >= 0.6 is 0 Å². The number of carbonyl (C=O) groups excluding carboxylic acids is 1. The van der Waals surface area contributed by atoms with E-state index in [0.29, 0.717) is 19.6 Å². The zero-order chi connectivity index (χ0) is 28.2. The Bertz CT molecular complexity index is 1390. The van der Waals surface area contributed by atoms with Crippen molar-refractivity contribution in [1.29, 1.82) is 0 Å². The van der Waals surface area contributed by atoms with Gasteiger partial charge in [0.1, 0.15) is 11.9 Å². The Labute approximate surface area is 229 Å². The van der Waals surface area contributed by atoms with Crippen molar-refractivity contribution in [2.24, 2.45) is 5.92 Å². The molecule has 1 aliphatic rings. The number of rotatable bonds is 9. The van der Waals surface area contributed by atoms with Crippen molar-refractivity contribution >= 4 is 21.6 Å². The fourth-order valence-corrected chi connectivity index (χ4v) is 5.69. The largest absolute Gasteiger partial charge is 0.486 e. The summed E-state index contributed by atoms with van der Waals surface area (Å²) < 4.78 is 48.7. The number of nitrogens with zero attached hydrogens (tertiary/aromatic N) is 2. The van der Waals surface area contributed by atoms with Crippen molar-refractivity contribution in [1.82, 2.24) is 9.80 Å². The van der Waals surface area contributed by atoms with Crippen molar-refractivity contribution in [2.75, 3.05) is 31.5 Å². The van der Waals surface area contributed by atoms with E-state index in [1.54, 1.807) is 24.0 Å². The van der Waals surface area contributed by atoms with Crippen molar-refractivity contribution < 1.29 is 27.4 Å². The fourth-order valence-electron chi connectivity index (χ4n) is 4.63. The van der Waals surface area contributed by atoms with E-state index in [9.17, 15) is 22.7 Å². The SMILES string of the molecule is C[C@H]1CN([C@@H](C)CO)C(=O)c2cccc(NS(=O)(=O)c3ccc(F)cc3)c2O[C@@H]1CN(C)Cc1ccccc1. The van der Waals surface area contributed by atoms with Crippen LogP contribution in [0.2, 0.25) is 0 Å². The van der Waals surface area contributed by atoms with Crippen molar-refractivity contribution in [2.45, 2.75) is 37.4 Å². The molecule has 0 unspecified atom stereocenters. The summed E-state index contributed by atoms with van der Waals surface area (Å²) in [5.74, 6) is -0.941. The number of amides is 1. The third-order valence-electron chi connectivity index (χ3n) is 6.85. The molecule has 0 saturated carbocycles. The van der Waals surface area contributed by atoms with Crippen LogP contribution in [-0.4, -0.2) is 68.1 Å². The van der Waals surface area contributed by atoms with E-state index in [0.717, 1.165) is 17.7 Å². The van der Waals surface area contributed by atoms with Crippen LogP contribution < -0.4 is 9.46 Å². The maximum Gasteiger partial charge on any atom is 0.262 e. The third-order valence-corrected chi connectivity index (χ3v) is 8.23. The van der Waals surface area contributed by atoms with E-state index in [2.05, 4.69) is 9.62 Å². The number of para-hydroxylation sites is 1. The molecule has 0 fully saturated rings. The Balaban J connectivity index is 1.71. The maximum atomic E-state index is 13.6. The summed E-state index contributed by atoms with van der Waals surface area (Å²) in [6, 6.07) is 18.7. The Kier molecular flexibility index (Phi) is 8.89. The molecule has 1 heterocycles.